The molecule has 0 spiro atoms. The molecular weight excluding hydrogens is 224 g/mol. The molecule has 1 atom stereocenters. The maximum Gasteiger partial charge on any atom is 0.228 e. The molecule has 3 heteroatoms. The maximum atomic E-state index is 11.4. The lowest BCUT2D eigenvalue weighted by molar-refractivity contribution is -0.115. The van der Waals surface area contributed by atoms with E-state index < -0.39 is 0 Å². The molecule has 1 aliphatic heterocycles. The minimum absolute atomic E-state index is 0.0963. The molecule has 0 aliphatic carbocycles. The third kappa shape index (κ3) is 2.91. The Labute approximate surface area is 109 Å². The van der Waals surface area contributed by atoms with Gasteiger partial charge in [0.2, 0.25) is 5.91 Å². The third-order valence-corrected chi connectivity index (χ3v) is 3.32. The lowest BCUT2D eigenvalue weighted by Gasteiger charge is -2.26. The molecule has 1 unspecified atom stereocenters. The van der Waals surface area contributed by atoms with Gasteiger partial charge in [-0.25, -0.2) is 0 Å². The highest BCUT2D eigenvalue weighted by Gasteiger charge is 2.22. The van der Waals surface area contributed by atoms with Crippen LogP contribution in [0.2, 0.25) is 0 Å². The number of benzene rings is 1. The zero-order chi connectivity index (χ0) is 13.3. The number of fused-ring (bicyclic) bond motifs is 1. The first kappa shape index (κ1) is 13.1. The summed E-state index contributed by atoms with van der Waals surface area (Å²) in [5.74, 6) is 0.0963. The molecule has 1 aromatic carbocycles. The average molecular weight is 246 g/mol. The van der Waals surface area contributed by atoms with Crippen LogP contribution in [0.25, 0.3) is 0 Å². The second-order valence-corrected chi connectivity index (χ2v) is 6.25. The summed E-state index contributed by atoms with van der Waals surface area (Å²) in [6.07, 6.45) is 1.58. The quantitative estimate of drug-likeness (QED) is 0.861. The Morgan fingerprint density at radius 1 is 1.39 bits per heavy atom. The van der Waals surface area contributed by atoms with Crippen LogP contribution in [0.1, 0.15) is 44.4 Å². The van der Waals surface area contributed by atoms with Crippen molar-refractivity contribution in [1.29, 1.82) is 0 Å². The van der Waals surface area contributed by atoms with Gasteiger partial charge in [-0.3, -0.25) is 4.79 Å². The van der Waals surface area contributed by atoms with Crippen LogP contribution in [0.5, 0.6) is 0 Å². The van der Waals surface area contributed by atoms with Crippen LogP contribution in [0.4, 0.5) is 5.69 Å². The molecule has 1 aromatic rings. The first-order valence-electron chi connectivity index (χ1n) is 6.49. The molecule has 1 amide bonds. The lowest BCUT2D eigenvalue weighted by atomic mass is 9.85. The average Bonchev–Trinajstić information content (AvgIpc) is 2.63. The summed E-state index contributed by atoms with van der Waals surface area (Å²) in [6, 6.07) is 6.62. The van der Waals surface area contributed by atoms with Crippen molar-refractivity contribution in [1.82, 2.24) is 5.32 Å². The van der Waals surface area contributed by atoms with Gasteiger partial charge >= 0.3 is 0 Å². The van der Waals surface area contributed by atoms with Gasteiger partial charge in [0.1, 0.15) is 0 Å². The van der Waals surface area contributed by atoms with E-state index in [9.17, 15) is 4.79 Å². The molecule has 0 saturated carbocycles. The molecule has 0 fully saturated rings. The topological polar surface area (TPSA) is 41.1 Å². The second kappa shape index (κ2) is 4.73. The molecule has 0 aromatic heterocycles. The molecule has 0 radical (unpaired) electrons. The van der Waals surface area contributed by atoms with Crippen LogP contribution in [0, 0.1) is 5.41 Å². The van der Waals surface area contributed by atoms with Crippen molar-refractivity contribution in [2.45, 2.75) is 39.7 Å². The van der Waals surface area contributed by atoms with Gasteiger partial charge in [0, 0.05) is 11.7 Å². The Bertz CT molecular complexity index is 460. The summed E-state index contributed by atoms with van der Waals surface area (Å²) in [7, 11) is 1.99. The zero-order valence-corrected chi connectivity index (χ0v) is 11.6. The number of hydrogen-bond acceptors (Lipinski definition) is 2. The first-order valence-corrected chi connectivity index (χ1v) is 6.49. The van der Waals surface area contributed by atoms with Crippen LogP contribution < -0.4 is 10.6 Å². The Morgan fingerprint density at radius 3 is 2.72 bits per heavy atom. The molecule has 3 nitrogen and oxygen atoms in total. The number of rotatable bonds is 3. The van der Waals surface area contributed by atoms with Crippen molar-refractivity contribution >= 4 is 11.6 Å². The highest BCUT2D eigenvalue weighted by Crippen LogP contribution is 2.32. The largest absolute Gasteiger partial charge is 0.326 e. The van der Waals surface area contributed by atoms with Crippen molar-refractivity contribution < 1.29 is 4.79 Å². The highest BCUT2D eigenvalue weighted by atomic mass is 16.1. The van der Waals surface area contributed by atoms with Crippen LogP contribution in [0.3, 0.4) is 0 Å². The lowest BCUT2D eigenvalue weighted by Crippen LogP contribution is -2.22. The smallest absolute Gasteiger partial charge is 0.228 e. The summed E-state index contributed by atoms with van der Waals surface area (Å²) in [5, 5.41) is 6.24. The van der Waals surface area contributed by atoms with E-state index >= 15 is 0 Å². The standard InChI is InChI=1S/C15H22N2O/c1-15(2,3)9-13(16-4)10-5-6-12-11(7-10)8-14(18)17-12/h5-7,13,16H,8-9H2,1-4H3,(H,17,18). The van der Waals surface area contributed by atoms with Crippen molar-refractivity contribution in [2.24, 2.45) is 5.41 Å². The van der Waals surface area contributed by atoms with Gasteiger partial charge in [0.05, 0.1) is 6.42 Å². The fourth-order valence-electron chi connectivity index (χ4n) is 2.46. The van der Waals surface area contributed by atoms with Gasteiger partial charge in [0.25, 0.3) is 0 Å². The summed E-state index contributed by atoms with van der Waals surface area (Å²) in [4.78, 5) is 11.4. The molecule has 0 bridgehead atoms. The van der Waals surface area contributed by atoms with E-state index in [1.165, 1.54) is 5.56 Å². The normalized spacial score (nSPS) is 16.3. The fourth-order valence-corrected chi connectivity index (χ4v) is 2.46. The van der Waals surface area contributed by atoms with Crippen LogP contribution in [-0.4, -0.2) is 13.0 Å². The van der Waals surface area contributed by atoms with E-state index in [-0.39, 0.29) is 11.3 Å². The van der Waals surface area contributed by atoms with E-state index in [2.05, 4.69) is 43.5 Å². The van der Waals surface area contributed by atoms with E-state index in [0.29, 0.717) is 12.5 Å². The van der Waals surface area contributed by atoms with Crippen molar-refractivity contribution in [2.75, 3.05) is 12.4 Å². The number of amides is 1. The van der Waals surface area contributed by atoms with Crippen LogP contribution >= 0.6 is 0 Å². The Morgan fingerprint density at radius 2 is 2.11 bits per heavy atom. The maximum absolute atomic E-state index is 11.4. The molecule has 1 heterocycles. The summed E-state index contributed by atoms with van der Waals surface area (Å²) in [6.45, 7) is 6.74. The Kier molecular flexibility index (Phi) is 3.44. The van der Waals surface area contributed by atoms with Crippen molar-refractivity contribution in [3.8, 4) is 0 Å². The van der Waals surface area contributed by atoms with Gasteiger partial charge in [-0.05, 0) is 36.1 Å². The number of carbonyl (C=O) groups is 1. The van der Waals surface area contributed by atoms with Gasteiger partial charge in [0.15, 0.2) is 0 Å². The summed E-state index contributed by atoms with van der Waals surface area (Å²) in [5.41, 5.74) is 3.63. The SMILES string of the molecule is CNC(CC(C)(C)C)c1ccc2c(c1)CC(=O)N2. The molecule has 2 N–H and O–H groups in total. The van der Waals surface area contributed by atoms with E-state index in [0.717, 1.165) is 17.7 Å². The summed E-state index contributed by atoms with van der Waals surface area (Å²) >= 11 is 0. The molecule has 2 rings (SSSR count). The fraction of sp³-hybridized carbons (Fsp3) is 0.533. The molecular formula is C15H22N2O. The molecule has 18 heavy (non-hydrogen) atoms. The van der Waals surface area contributed by atoms with E-state index in [4.69, 9.17) is 0 Å². The van der Waals surface area contributed by atoms with Gasteiger partial charge in [-0.1, -0.05) is 32.9 Å². The number of hydrogen-bond donors (Lipinski definition) is 2. The molecule has 0 saturated heterocycles. The zero-order valence-electron chi connectivity index (χ0n) is 11.6. The van der Waals surface area contributed by atoms with Crippen molar-refractivity contribution in [3.05, 3.63) is 29.3 Å². The Hall–Kier alpha value is -1.35. The van der Waals surface area contributed by atoms with Crippen molar-refractivity contribution in [3.63, 3.8) is 0 Å². The predicted molar refractivity (Wildman–Crippen MR) is 74.6 cm³/mol. The number of nitrogens with one attached hydrogen (secondary N) is 2. The van der Waals surface area contributed by atoms with E-state index in [1.54, 1.807) is 0 Å². The van der Waals surface area contributed by atoms with Crippen LogP contribution in [-0.2, 0) is 11.2 Å². The predicted octanol–water partition coefficient (Wildman–Crippen LogP) is 2.88. The monoisotopic (exact) mass is 246 g/mol. The Balaban J connectivity index is 2.23. The van der Waals surface area contributed by atoms with Gasteiger partial charge in [-0.2, -0.15) is 0 Å². The second-order valence-electron chi connectivity index (χ2n) is 6.25. The van der Waals surface area contributed by atoms with Crippen LogP contribution in [0.15, 0.2) is 18.2 Å². The third-order valence-electron chi connectivity index (χ3n) is 3.32. The summed E-state index contributed by atoms with van der Waals surface area (Å²) < 4.78 is 0. The minimum Gasteiger partial charge on any atom is -0.326 e. The molecule has 1 aliphatic rings. The number of carbonyl (C=O) groups excluding carboxylic acids is 1. The molecule has 98 valence electrons. The highest BCUT2D eigenvalue weighted by molar-refractivity contribution is 5.99. The van der Waals surface area contributed by atoms with E-state index in [1.807, 2.05) is 13.1 Å². The first-order chi connectivity index (χ1) is 8.39. The van der Waals surface area contributed by atoms with Gasteiger partial charge < -0.3 is 10.6 Å². The minimum atomic E-state index is 0.0963. The van der Waals surface area contributed by atoms with Gasteiger partial charge in [-0.15, -0.1) is 0 Å². The number of anilines is 1.